The maximum absolute atomic E-state index is 12.4. The molecule has 0 bridgehead atoms. The highest BCUT2D eigenvalue weighted by Crippen LogP contribution is 2.10. The molecular weight excluding hydrogens is 460 g/mol. The molecule has 37 heavy (non-hydrogen) atoms. The van der Waals surface area contributed by atoms with Gasteiger partial charge in [0.25, 0.3) is 0 Å². The van der Waals surface area contributed by atoms with Crippen LogP contribution in [0.3, 0.4) is 0 Å². The van der Waals surface area contributed by atoms with E-state index in [-0.39, 0.29) is 5.91 Å². The van der Waals surface area contributed by atoms with Crippen molar-refractivity contribution in [1.29, 1.82) is 0 Å². The van der Waals surface area contributed by atoms with Crippen LogP contribution in [-0.2, 0) is 9.59 Å². The molecule has 0 aromatic heterocycles. The first-order valence-corrected chi connectivity index (χ1v) is 16.0. The lowest BCUT2D eigenvalue weighted by Crippen LogP contribution is -2.47. The standard InChI is InChI=1S/C31H62N4O2/c1-4-6-8-10-12-14-16-20-30(36)32-22-18-24-34-26-28-35(29-27-34)25-19-23-33(3)31(37)21-17-15-13-11-9-7-5-2/h4-29H2,1-3H3,(H,32,36). The first-order valence-electron chi connectivity index (χ1n) is 16.0. The van der Waals surface area contributed by atoms with Crippen LogP contribution in [0.5, 0.6) is 0 Å². The number of carbonyl (C=O) groups excluding carboxylic acids is 2. The van der Waals surface area contributed by atoms with Gasteiger partial charge < -0.3 is 20.0 Å². The minimum atomic E-state index is 0.226. The van der Waals surface area contributed by atoms with Gasteiger partial charge in [0.15, 0.2) is 0 Å². The molecule has 0 atom stereocenters. The monoisotopic (exact) mass is 522 g/mol. The molecule has 1 aliphatic heterocycles. The number of piperazine rings is 1. The van der Waals surface area contributed by atoms with E-state index in [1.165, 1.54) is 77.0 Å². The van der Waals surface area contributed by atoms with E-state index in [0.717, 1.165) is 78.0 Å². The van der Waals surface area contributed by atoms with Crippen LogP contribution in [0.25, 0.3) is 0 Å². The number of hydrogen-bond acceptors (Lipinski definition) is 4. The van der Waals surface area contributed by atoms with E-state index in [2.05, 4.69) is 29.0 Å². The Hall–Kier alpha value is -1.14. The van der Waals surface area contributed by atoms with Crippen molar-refractivity contribution in [2.45, 2.75) is 129 Å². The molecule has 1 N–H and O–H groups in total. The molecule has 6 nitrogen and oxygen atoms in total. The first kappa shape index (κ1) is 33.9. The van der Waals surface area contributed by atoms with Gasteiger partial charge in [0.05, 0.1) is 0 Å². The van der Waals surface area contributed by atoms with Crippen LogP contribution in [0.4, 0.5) is 0 Å². The summed E-state index contributed by atoms with van der Waals surface area (Å²) in [6.07, 6.45) is 21.1. The van der Waals surface area contributed by atoms with Crippen molar-refractivity contribution in [3.63, 3.8) is 0 Å². The summed E-state index contributed by atoms with van der Waals surface area (Å²) >= 11 is 0. The van der Waals surface area contributed by atoms with E-state index in [1.807, 2.05) is 11.9 Å². The molecule has 6 heteroatoms. The Morgan fingerprint density at radius 2 is 1.08 bits per heavy atom. The van der Waals surface area contributed by atoms with Crippen LogP contribution < -0.4 is 5.32 Å². The van der Waals surface area contributed by atoms with Gasteiger partial charge in [-0.3, -0.25) is 9.59 Å². The number of carbonyl (C=O) groups is 2. The van der Waals surface area contributed by atoms with Gasteiger partial charge in [-0.1, -0.05) is 90.9 Å². The van der Waals surface area contributed by atoms with E-state index in [4.69, 9.17) is 0 Å². The fourth-order valence-corrected chi connectivity index (χ4v) is 5.18. The maximum atomic E-state index is 12.4. The van der Waals surface area contributed by atoms with Gasteiger partial charge in [-0.05, 0) is 38.8 Å². The Balaban J connectivity index is 1.95. The van der Waals surface area contributed by atoms with Crippen molar-refractivity contribution in [2.75, 3.05) is 59.4 Å². The van der Waals surface area contributed by atoms with Crippen LogP contribution in [0, 0.1) is 0 Å². The zero-order chi connectivity index (χ0) is 27.0. The first-order chi connectivity index (χ1) is 18.1. The van der Waals surface area contributed by atoms with Crippen molar-refractivity contribution >= 4 is 11.8 Å². The molecule has 0 aromatic carbocycles. The van der Waals surface area contributed by atoms with Crippen LogP contribution in [-0.4, -0.2) is 85.9 Å². The highest BCUT2D eigenvalue weighted by molar-refractivity contribution is 5.76. The van der Waals surface area contributed by atoms with Gasteiger partial charge in [0, 0.05) is 59.2 Å². The lowest BCUT2D eigenvalue weighted by Gasteiger charge is -2.35. The summed E-state index contributed by atoms with van der Waals surface area (Å²) in [4.78, 5) is 31.4. The number of rotatable bonds is 24. The van der Waals surface area contributed by atoms with E-state index in [0.29, 0.717) is 18.7 Å². The lowest BCUT2D eigenvalue weighted by molar-refractivity contribution is -0.130. The van der Waals surface area contributed by atoms with Gasteiger partial charge in [-0.2, -0.15) is 0 Å². The highest BCUT2D eigenvalue weighted by Gasteiger charge is 2.17. The highest BCUT2D eigenvalue weighted by atomic mass is 16.2. The minimum absolute atomic E-state index is 0.226. The zero-order valence-electron chi connectivity index (χ0n) is 25.0. The van der Waals surface area contributed by atoms with Crippen molar-refractivity contribution in [3.05, 3.63) is 0 Å². The second-order valence-electron chi connectivity index (χ2n) is 11.3. The molecule has 1 saturated heterocycles. The van der Waals surface area contributed by atoms with Crippen molar-refractivity contribution in [2.24, 2.45) is 0 Å². The maximum Gasteiger partial charge on any atom is 0.222 e. The smallest absolute Gasteiger partial charge is 0.222 e. The van der Waals surface area contributed by atoms with Gasteiger partial charge in [0.2, 0.25) is 11.8 Å². The van der Waals surface area contributed by atoms with Crippen molar-refractivity contribution in [3.8, 4) is 0 Å². The van der Waals surface area contributed by atoms with Crippen LogP contribution in [0.1, 0.15) is 129 Å². The van der Waals surface area contributed by atoms with Gasteiger partial charge in [-0.15, -0.1) is 0 Å². The number of amides is 2. The van der Waals surface area contributed by atoms with Crippen molar-refractivity contribution < 1.29 is 9.59 Å². The average Bonchev–Trinajstić information content (AvgIpc) is 2.90. The Kier molecular flexibility index (Phi) is 21.9. The third-order valence-electron chi connectivity index (χ3n) is 7.83. The summed E-state index contributed by atoms with van der Waals surface area (Å²) in [6, 6.07) is 0. The third-order valence-corrected chi connectivity index (χ3v) is 7.83. The third kappa shape index (κ3) is 19.6. The van der Waals surface area contributed by atoms with E-state index in [1.54, 1.807) is 0 Å². The van der Waals surface area contributed by atoms with Crippen LogP contribution >= 0.6 is 0 Å². The predicted octanol–water partition coefficient (Wildman–Crippen LogP) is 6.24. The van der Waals surface area contributed by atoms with E-state index < -0.39 is 0 Å². The molecule has 0 aliphatic carbocycles. The zero-order valence-corrected chi connectivity index (χ0v) is 25.0. The van der Waals surface area contributed by atoms with Crippen molar-refractivity contribution in [1.82, 2.24) is 20.0 Å². The Bertz CT molecular complexity index is 549. The summed E-state index contributed by atoms with van der Waals surface area (Å²) in [5.41, 5.74) is 0. The van der Waals surface area contributed by atoms with Crippen LogP contribution in [0.15, 0.2) is 0 Å². The molecule has 1 rings (SSSR count). The summed E-state index contributed by atoms with van der Waals surface area (Å²) < 4.78 is 0. The molecule has 1 heterocycles. The molecule has 1 fully saturated rings. The minimum Gasteiger partial charge on any atom is -0.356 e. The van der Waals surface area contributed by atoms with Gasteiger partial charge in [0.1, 0.15) is 0 Å². The normalized spacial score (nSPS) is 14.7. The van der Waals surface area contributed by atoms with Gasteiger partial charge in [-0.25, -0.2) is 0 Å². The lowest BCUT2D eigenvalue weighted by atomic mass is 10.1. The number of hydrogen-bond donors (Lipinski definition) is 1. The van der Waals surface area contributed by atoms with E-state index >= 15 is 0 Å². The Morgan fingerprint density at radius 1 is 0.622 bits per heavy atom. The number of nitrogens with one attached hydrogen (secondary N) is 1. The molecule has 0 radical (unpaired) electrons. The van der Waals surface area contributed by atoms with Gasteiger partial charge >= 0.3 is 0 Å². The summed E-state index contributed by atoms with van der Waals surface area (Å²) in [5.74, 6) is 0.539. The average molecular weight is 523 g/mol. The summed E-state index contributed by atoms with van der Waals surface area (Å²) in [7, 11) is 1.97. The molecule has 218 valence electrons. The van der Waals surface area contributed by atoms with E-state index in [9.17, 15) is 9.59 Å². The number of nitrogens with zero attached hydrogens (tertiary/aromatic N) is 3. The largest absolute Gasteiger partial charge is 0.356 e. The molecule has 0 spiro atoms. The predicted molar refractivity (Wildman–Crippen MR) is 158 cm³/mol. The molecule has 0 unspecified atom stereocenters. The Labute approximate surface area is 230 Å². The van der Waals surface area contributed by atoms with Crippen LogP contribution in [0.2, 0.25) is 0 Å². The molecule has 1 aliphatic rings. The molecular formula is C31H62N4O2. The topological polar surface area (TPSA) is 55.9 Å². The summed E-state index contributed by atoms with van der Waals surface area (Å²) in [5, 5.41) is 3.11. The summed E-state index contributed by atoms with van der Waals surface area (Å²) in [6.45, 7) is 12.8. The second kappa shape index (κ2) is 23.9. The quantitative estimate of drug-likeness (QED) is 0.152. The SMILES string of the molecule is CCCCCCCCCC(=O)NCCCN1CCN(CCCN(C)C(=O)CCCCCCCCC)CC1. The fraction of sp³-hybridized carbons (Fsp3) is 0.935. The molecule has 2 amide bonds. The Morgan fingerprint density at radius 3 is 1.62 bits per heavy atom. The second-order valence-corrected chi connectivity index (χ2v) is 11.3. The number of unbranched alkanes of at least 4 members (excludes halogenated alkanes) is 12. The molecule has 0 aromatic rings. The molecule has 0 saturated carbocycles. The fourth-order valence-electron chi connectivity index (χ4n) is 5.18.